The molecule has 0 amide bonds. The van der Waals surface area contributed by atoms with E-state index in [1.807, 2.05) is 0 Å². The van der Waals surface area contributed by atoms with Crippen LogP contribution in [-0.4, -0.2) is 24.0 Å². The highest BCUT2D eigenvalue weighted by atomic mass is 16.5. The molecule has 1 rings (SSSR count). The fourth-order valence-corrected chi connectivity index (χ4v) is 1.37. The topological polar surface area (TPSA) is 63.6 Å². The first-order valence-corrected chi connectivity index (χ1v) is 4.45. The predicted molar refractivity (Wildman–Crippen MR) is 53.8 cm³/mol. The average molecular weight is 208 g/mol. The minimum Gasteiger partial charge on any atom is -0.507 e. The molecule has 1 aromatic rings. The van der Waals surface area contributed by atoms with Gasteiger partial charge >= 0.3 is 5.97 Å². The Morgan fingerprint density at radius 1 is 1.40 bits per heavy atom. The maximum Gasteiger partial charge on any atom is 0.310 e. The van der Waals surface area contributed by atoms with Gasteiger partial charge in [0, 0.05) is 0 Å². The van der Waals surface area contributed by atoms with Crippen LogP contribution in [0.3, 0.4) is 0 Å². The Kier molecular flexibility index (Phi) is 3.44. The van der Waals surface area contributed by atoms with Gasteiger partial charge < -0.3 is 9.84 Å². The highest BCUT2D eigenvalue weighted by molar-refractivity contribution is 5.99. The summed E-state index contributed by atoms with van der Waals surface area (Å²) in [6.07, 6.45) is -0.0141. The van der Waals surface area contributed by atoms with Crippen molar-refractivity contribution in [3.8, 4) is 5.75 Å². The van der Waals surface area contributed by atoms with Crippen molar-refractivity contribution in [2.75, 3.05) is 7.11 Å². The summed E-state index contributed by atoms with van der Waals surface area (Å²) >= 11 is 0. The zero-order valence-electron chi connectivity index (χ0n) is 8.61. The van der Waals surface area contributed by atoms with Crippen LogP contribution in [-0.2, 0) is 16.0 Å². The standard InChI is InChI=1S/C11H12O4/c1-7(12)11-8(6-10(14)15-2)4-3-5-9(11)13/h3-5,13H,6H2,1-2H3. The Morgan fingerprint density at radius 2 is 2.07 bits per heavy atom. The number of methoxy groups -OCH3 is 1. The second-order valence-corrected chi connectivity index (χ2v) is 3.12. The number of ketones is 1. The molecule has 0 bridgehead atoms. The van der Waals surface area contributed by atoms with Gasteiger partial charge in [-0.15, -0.1) is 0 Å². The summed E-state index contributed by atoms with van der Waals surface area (Å²) in [7, 11) is 1.28. The van der Waals surface area contributed by atoms with Gasteiger partial charge in [0.1, 0.15) is 5.75 Å². The highest BCUT2D eigenvalue weighted by Crippen LogP contribution is 2.22. The highest BCUT2D eigenvalue weighted by Gasteiger charge is 2.14. The van der Waals surface area contributed by atoms with Crippen molar-refractivity contribution in [3.05, 3.63) is 29.3 Å². The number of ether oxygens (including phenoxy) is 1. The molecular weight excluding hydrogens is 196 g/mol. The van der Waals surface area contributed by atoms with Crippen molar-refractivity contribution < 1.29 is 19.4 Å². The van der Waals surface area contributed by atoms with Crippen molar-refractivity contribution in [1.82, 2.24) is 0 Å². The Balaban J connectivity index is 3.11. The van der Waals surface area contributed by atoms with Gasteiger partial charge in [-0.1, -0.05) is 12.1 Å². The molecule has 0 aliphatic heterocycles. The fourth-order valence-electron chi connectivity index (χ4n) is 1.37. The van der Waals surface area contributed by atoms with Crippen molar-refractivity contribution >= 4 is 11.8 Å². The first kappa shape index (κ1) is 11.2. The number of rotatable bonds is 3. The molecule has 0 spiro atoms. The van der Waals surface area contributed by atoms with Crippen LogP contribution in [0, 0.1) is 0 Å². The summed E-state index contributed by atoms with van der Waals surface area (Å²) in [5.41, 5.74) is 0.664. The van der Waals surface area contributed by atoms with E-state index >= 15 is 0 Å². The van der Waals surface area contributed by atoms with Crippen molar-refractivity contribution in [2.45, 2.75) is 13.3 Å². The fraction of sp³-hybridized carbons (Fsp3) is 0.273. The van der Waals surface area contributed by atoms with E-state index in [-0.39, 0.29) is 23.5 Å². The molecule has 4 nitrogen and oxygen atoms in total. The van der Waals surface area contributed by atoms with E-state index in [2.05, 4.69) is 4.74 Å². The molecule has 0 aliphatic carbocycles. The molecule has 1 N–H and O–H groups in total. The monoisotopic (exact) mass is 208 g/mol. The van der Waals surface area contributed by atoms with Gasteiger partial charge in [0.25, 0.3) is 0 Å². The molecule has 4 heteroatoms. The number of hydrogen-bond donors (Lipinski definition) is 1. The zero-order valence-corrected chi connectivity index (χ0v) is 8.61. The Hall–Kier alpha value is -1.84. The summed E-state index contributed by atoms with van der Waals surface area (Å²) in [6.45, 7) is 1.34. The molecule has 0 saturated heterocycles. The predicted octanol–water partition coefficient (Wildman–Crippen LogP) is 1.31. The van der Waals surface area contributed by atoms with Crippen molar-refractivity contribution in [3.63, 3.8) is 0 Å². The van der Waals surface area contributed by atoms with Gasteiger partial charge in [0.2, 0.25) is 0 Å². The smallest absolute Gasteiger partial charge is 0.310 e. The third-order valence-corrected chi connectivity index (χ3v) is 2.04. The minimum atomic E-state index is -0.442. The molecule has 0 atom stereocenters. The first-order chi connectivity index (χ1) is 7.06. The van der Waals surface area contributed by atoms with Gasteiger partial charge in [-0.05, 0) is 18.6 Å². The Labute approximate surface area is 87.5 Å². The third kappa shape index (κ3) is 2.56. The molecule has 0 fully saturated rings. The van der Waals surface area contributed by atoms with Crippen LogP contribution in [0.5, 0.6) is 5.75 Å². The van der Waals surface area contributed by atoms with Crippen LogP contribution in [0.15, 0.2) is 18.2 Å². The minimum absolute atomic E-state index is 0.0141. The lowest BCUT2D eigenvalue weighted by atomic mass is 10.0. The number of Topliss-reactive ketones (excluding diaryl/α,β-unsaturated/α-hetero) is 1. The average Bonchev–Trinajstić information content (AvgIpc) is 2.17. The lowest BCUT2D eigenvalue weighted by Crippen LogP contribution is -2.08. The van der Waals surface area contributed by atoms with Crippen LogP contribution >= 0.6 is 0 Å². The van der Waals surface area contributed by atoms with Crippen molar-refractivity contribution in [2.24, 2.45) is 0 Å². The number of phenolic OH excluding ortho intramolecular Hbond substituents is 1. The van der Waals surface area contributed by atoms with Crippen LogP contribution < -0.4 is 0 Å². The second-order valence-electron chi connectivity index (χ2n) is 3.12. The third-order valence-electron chi connectivity index (χ3n) is 2.04. The SMILES string of the molecule is COC(=O)Cc1cccc(O)c1C(C)=O. The van der Waals surface area contributed by atoms with E-state index in [4.69, 9.17) is 0 Å². The molecule has 0 saturated carbocycles. The molecule has 0 aliphatic rings. The molecule has 0 aromatic heterocycles. The van der Waals surface area contributed by atoms with E-state index in [1.54, 1.807) is 12.1 Å². The summed E-state index contributed by atoms with van der Waals surface area (Å²) < 4.78 is 4.50. The van der Waals surface area contributed by atoms with Crippen LogP contribution in [0.25, 0.3) is 0 Å². The quantitative estimate of drug-likeness (QED) is 0.601. The number of hydrogen-bond acceptors (Lipinski definition) is 4. The maximum atomic E-state index is 11.2. The molecule has 15 heavy (non-hydrogen) atoms. The van der Waals surface area contributed by atoms with E-state index in [1.165, 1.54) is 20.1 Å². The number of carbonyl (C=O) groups excluding carboxylic acids is 2. The lowest BCUT2D eigenvalue weighted by molar-refractivity contribution is -0.139. The molecule has 0 unspecified atom stereocenters. The van der Waals surface area contributed by atoms with Gasteiger partial charge in [-0.3, -0.25) is 9.59 Å². The van der Waals surface area contributed by atoms with Crippen LogP contribution in [0.4, 0.5) is 0 Å². The summed E-state index contributed by atoms with van der Waals surface area (Å²) in [6, 6.07) is 4.62. The number of benzene rings is 1. The van der Waals surface area contributed by atoms with E-state index < -0.39 is 5.97 Å². The van der Waals surface area contributed by atoms with Crippen LogP contribution in [0.2, 0.25) is 0 Å². The lowest BCUT2D eigenvalue weighted by Gasteiger charge is -2.07. The van der Waals surface area contributed by atoms with E-state index in [0.717, 1.165) is 0 Å². The number of phenols is 1. The normalized spacial score (nSPS) is 9.73. The molecular formula is C11H12O4. The first-order valence-electron chi connectivity index (χ1n) is 4.45. The summed E-state index contributed by atoms with van der Waals surface area (Å²) in [5, 5.41) is 9.47. The van der Waals surface area contributed by atoms with Gasteiger partial charge in [0.05, 0.1) is 19.1 Å². The molecule has 80 valence electrons. The van der Waals surface area contributed by atoms with Gasteiger partial charge in [-0.25, -0.2) is 0 Å². The zero-order chi connectivity index (χ0) is 11.4. The molecule has 0 radical (unpaired) electrons. The molecule has 0 heterocycles. The molecule has 1 aromatic carbocycles. The summed E-state index contributed by atoms with van der Waals surface area (Å²) in [5.74, 6) is -0.820. The maximum absolute atomic E-state index is 11.2. The van der Waals surface area contributed by atoms with Gasteiger partial charge in [-0.2, -0.15) is 0 Å². The Morgan fingerprint density at radius 3 is 2.60 bits per heavy atom. The second kappa shape index (κ2) is 4.59. The van der Waals surface area contributed by atoms with Crippen molar-refractivity contribution in [1.29, 1.82) is 0 Å². The largest absolute Gasteiger partial charge is 0.507 e. The number of esters is 1. The van der Waals surface area contributed by atoms with E-state index in [0.29, 0.717) is 5.56 Å². The van der Waals surface area contributed by atoms with E-state index in [9.17, 15) is 14.7 Å². The number of carbonyl (C=O) groups is 2. The Bertz CT molecular complexity index is 396. The summed E-state index contributed by atoms with van der Waals surface area (Å²) in [4.78, 5) is 22.3. The number of aromatic hydroxyl groups is 1. The van der Waals surface area contributed by atoms with Gasteiger partial charge in [0.15, 0.2) is 5.78 Å². The van der Waals surface area contributed by atoms with Crippen LogP contribution in [0.1, 0.15) is 22.8 Å².